The molecule has 0 aromatic carbocycles. The highest BCUT2D eigenvalue weighted by Gasteiger charge is 2.49. The van der Waals surface area contributed by atoms with Gasteiger partial charge in [-0.1, -0.05) is 0 Å². The maximum Gasteiger partial charge on any atom is 0.0653 e. The minimum Gasteiger partial charge on any atom is -0.390 e. The van der Waals surface area contributed by atoms with Crippen molar-refractivity contribution < 1.29 is 10.2 Å². The fourth-order valence-corrected chi connectivity index (χ4v) is 1.33. The van der Waals surface area contributed by atoms with Crippen molar-refractivity contribution in [3.05, 3.63) is 0 Å². The van der Waals surface area contributed by atoms with Crippen molar-refractivity contribution in [2.45, 2.75) is 44.8 Å². The van der Waals surface area contributed by atoms with Crippen LogP contribution in [-0.4, -0.2) is 21.4 Å². The van der Waals surface area contributed by atoms with Crippen molar-refractivity contribution in [2.75, 3.05) is 0 Å². The second kappa shape index (κ2) is 1.95. The second-order valence-corrected chi connectivity index (χ2v) is 4.27. The summed E-state index contributed by atoms with van der Waals surface area (Å²) in [7, 11) is 0. The van der Waals surface area contributed by atoms with E-state index in [1.54, 1.807) is 13.8 Å². The molecule has 10 heavy (non-hydrogen) atoms. The molecule has 2 unspecified atom stereocenters. The smallest absolute Gasteiger partial charge is 0.0653 e. The van der Waals surface area contributed by atoms with Crippen LogP contribution in [0.1, 0.15) is 33.6 Å². The molecule has 2 N–H and O–H groups in total. The predicted molar refractivity (Wildman–Crippen MR) is 39.6 cm³/mol. The molecule has 2 nitrogen and oxygen atoms in total. The molecular formula is C8H16O2. The van der Waals surface area contributed by atoms with E-state index in [1.807, 2.05) is 6.92 Å². The van der Waals surface area contributed by atoms with Crippen molar-refractivity contribution in [1.29, 1.82) is 0 Å². The molecule has 1 aliphatic carbocycles. The summed E-state index contributed by atoms with van der Waals surface area (Å²) in [6.07, 6.45) is 1.55. The van der Waals surface area contributed by atoms with Crippen LogP contribution in [0.3, 0.4) is 0 Å². The van der Waals surface area contributed by atoms with Crippen molar-refractivity contribution in [3.63, 3.8) is 0 Å². The molecule has 0 aromatic heterocycles. The lowest BCUT2D eigenvalue weighted by Crippen LogP contribution is -2.21. The minimum atomic E-state index is -0.620. The standard InChI is InChI=1S/C8H16O2/c1-7(2,9)4-6-5-8(6,3)10/h6,9-10H,4-5H2,1-3H3. The summed E-state index contributed by atoms with van der Waals surface area (Å²) in [5.74, 6) is 0.312. The Bertz CT molecular complexity index is 133. The molecule has 60 valence electrons. The molecular weight excluding hydrogens is 128 g/mol. The van der Waals surface area contributed by atoms with Crippen LogP contribution in [0.25, 0.3) is 0 Å². The Morgan fingerprint density at radius 2 is 2.00 bits per heavy atom. The third-order valence-corrected chi connectivity index (χ3v) is 2.12. The van der Waals surface area contributed by atoms with Crippen molar-refractivity contribution in [1.82, 2.24) is 0 Å². The molecule has 0 spiro atoms. The van der Waals surface area contributed by atoms with Crippen LogP contribution >= 0.6 is 0 Å². The van der Waals surface area contributed by atoms with Crippen molar-refractivity contribution in [3.8, 4) is 0 Å². The molecule has 1 rings (SSSR count). The molecule has 1 aliphatic rings. The van der Waals surface area contributed by atoms with Gasteiger partial charge in [0.1, 0.15) is 0 Å². The summed E-state index contributed by atoms with van der Waals surface area (Å²) in [6.45, 7) is 5.38. The number of aliphatic hydroxyl groups is 2. The monoisotopic (exact) mass is 144 g/mol. The molecule has 2 atom stereocenters. The van der Waals surface area contributed by atoms with Crippen LogP contribution in [0.4, 0.5) is 0 Å². The van der Waals surface area contributed by atoms with Gasteiger partial charge >= 0.3 is 0 Å². The SMILES string of the molecule is CC(C)(O)CC1CC1(C)O. The lowest BCUT2D eigenvalue weighted by Gasteiger charge is -2.17. The molecule has 0 aromatic rings. The third-order valence-electron chi connectivity index (χ3n) is 2.12. The lowest BCUT2D eigenvalue weighted by molar-refractivity contribution is 0.0489. The normalized spacial score (nSPS) is 39.9. The zero-order chi connectivity index (χ0) is 7.99. The average Bonchev–Trinajstić information content (AvgIpc) is 2.05. The Hall–Kier alpha value is -0.0800. The zero-order valence-electron chi connectivity index (χ0n) is 6.89. The predicted octanol–water partition coefficient (Wildman–Crippen LogP) is 0.918. The minimum absolute atomic E-state index is 0.312. The summed E-state index contributed by atoms with van der Waals surface area (Å²) in [5.41, 5.74) is -1.11. The van der Waals surface area contributed by atoms with Gasteiger partial charge in [-0.25, -0.2) is 0 Å². The number of rotatable bonds is 2. The Morgan fingerprint density at radius 1 is 1.60 bits per heavy atom. The highest BCUT2D eigenvalue weighted by Crippen LogP contribution is 2.47. The summed E-state index contributed by atoms with van der Waals surface area (Å²) in [6, 6.07) is 0. The van der Waals surface area contributed by atoms with Gasteiger partial charge in [0.05, 0.1) is 11.2 Å². The highest BCUT2D eigenvalue weighted by molar-refractivity contribution is 5.01. The fraction of sp³-hybridized carbons (Fsp3) is 1.00. The lowest BCUT2D eigenvalue weighted by atomic mass is 10.0. The summed E-state index contributed by atoms with van der Waals surface area (Å²) in [4.78, 5) is 0. The molecule has 0 aliphatic heterocycles. The maximum atomic E-state index is 9.35. The van der Waals surface area contributed by atoms with Crippen LogP contribution in [0, 0.1) is 5.92 Å². The van der Waals surface area contributed by atoms with Gasteiger partial charge in [-0.15, -0.1) is 0 Å². The molecule has 0 heterocycles. The Labute approximate surface area is 61.9 Å². The Kier molecular flexibility index (Phi) is 1.57. The number of hydrogen-bond donors (Lipinski definition) is 2. The molecule has 0 saturated heterocycles. The van der Waals surface area contributed by atoms with Gasteiger partial charge in [0, 0.05) is 0 Å². The first kappa shape index (κ1) is 8.02. The van der Waals surface area contributed by atoms with Gasteiger partial charge in [0.2, 0.25) is 0 Å². The topological polar surface area (TPSA) is 40.5 Å². The van der Waals surface area contributed by atoms with Crippen LogP contribution < -0.4 is 0 Å². The summed E-state index contributed by atoms with van der Waals surface area (Å²) < 4.78 is 0. The zero-order valence-corrected chi connectivity index (χ0v) is 6.89. The van der Waals surface area contributed by atoms with Crippen LogP contribution in [0.2, 0.25) is 0 Å². The average molecular weight is 144 g/mol. The van der Waals surface area contributed by atoms with E-state index in [2.05, 4.69) is 0 Å². The van der Waals surface area contributed by atoms with Gasteiger partial charge < -0.3 is 10.2 Å². The Balaban J connectivity index is 2.31. The molecule has 2 heteroatoms. The molecule has 0 radical (unpaired) electrons. The fourth-order valence-electron chi connectivity index (χ4n) is 1.33. The van der Waals surface area contributed by atoms with E-state index in [9.17, 15) is 10.2 Å². The van der Waals surface area contributed by atoms with E-state index in [0.717, 1.165) is 6.42 Å². The van der Waals surface area contributed by atoms with Gasteiger partial charge in [-0.05, 0) is 39.5 Å². The van der Waals surface area contributed by atoms with E-state index >= 15 is 0 Å². The largest absolute Gasteiger partial charge is 0.390 e. The third kappa shape index (κ3) is 1.96. The van der Waals surface area contributed by atoms with Crippen molar-refractivity contribution >= 4 is 0 Å². The van der Waals surface area contributed by atoms with Crippen LogP contribution in [-0.2, 0) is 0 Å². The van der Waals surface area contributed by atoms with Crippen LogP contribution in [0.15, 0.2) is 0 Å². The molecule has 1 saturated carbocycles. The maximum absolute atomic E-state index is 9.35. The van der Waals surface area contributed by atoms with Gasteiger partial charge in [-0.3, -0.25) is 0 Å². The first-order chi connectivity index (χ1) is 4.31. The van der Waals surface area contributed by atoms with Gasteiger partial charge in [0.25, 0.3) is 0 Å². The Morgan fingerprint density at radius 3 is 2.10 bits per heavy atom. The summed E-state index contributed by atoms with van der Waals surface area (Å²) in [5, 5.41) is 18.7. The first-order valence-electron chi connectivity index (χ1n) is 3.76. The van der Waals surface area contributed by atoms with E-state index in [0.29, 0.717) is 12.3 Å². The highest BCUT2D eigenvalue weighted by atomic mass is 16.3. The molecule has 0 bridgehead atoms. The van der Waals surface area contributed by atoms with Gasteiger partial charge in [0.15, 0.2) is 0 Å². The van der Waals surface area contributed by atoms with E-state index in [-0.39, 0.29) is 0 Å². The first-order valence-corrected chi connectivity index (χ1v) is 3.76. The van der Waals surface area contributed by atoms with Crippen molar-refractivity contribution in [2.24, 2.45) is 5.92 Å². The van der Waals surface area contributed by atoms with E-state index < -0.39 is 11.2 Å². The summed E-state index contributed by atoms with van der Waals surface area (Å²) >= 11 is 0. The quantitative estimate of drug-likeness (QED) is 0.605. The van der Waals surface area contributed by atoms with E-state index in [1.165, 1.54) is 0 Å². The number of hydrogen-bond acceptors (Lipinski definition) is 2. The van der Waals surface area contributed by atoms with Gasteiger partial charge in [-0.2, -0.15) is 0 Å². The molecule has 0 amide bonds. The second-order valence-electron chi connectivity index (χ2n) is 4.27. The molecule has 1 fully saturated rings. The van der Waals surface area contributed by atoms with Crippen LogP contribution in [0.5, 0.6) is 0 Å². The van der Waals surface area contributed by atoms with E-state index in [4.69, 9.17) is 0 Å².